The quantitative estimate of drug-likeness (QED) is 0.251. The normalized spacial score (nSPS) is 13.2. The molecular formula is C30H33FN4O4S. The zero-order valence-electron chi connectivity index (χ0n) is 22.9. The highest BCUT2D eigenvalue weighted by Gasteiger charge is 2.19. The van der Waals surface area contributed by atoms with Gasteiger partial charge in [0.15, 0.2) is 0 Å². The Morgan fingerprint density at radius 2 is 1.90 bits per heavy atom. The van der Waals surface area contributed by atoms with Gasteiger partial charge in [-0.3, -0.25) is 0 Å². The number of halogens is 1. The summed E-state index contributed by atoms with van der Waals surface area (Å²) in [5.74, 6) is -0.0368. The predicted octanol–water partition coefficient (Wildman–Crippen LogP) is 5.73. The monoisotopic (exact) mass is 564 g/mol. The predicted molar refractivity (Wildman–Crippen MR) is 154 cm³/mol. The van der Waals surface area contributed by atoms with E-state index in [9.17, 15) is 9.18 Å². The second kappa shape index (κ2) is 12.3. The number of ether oxygens (including phenoxy) is 3. The van der Waals surface area contributed by atoms with E-state index in [1.54, 1.807) is 38.2 Å². The molecule has 0 aliphatic carbocycles. The van der Waals surface area contributed by atoms with Gasteiger partial charge in [-0.15, -0.1) is 21.5 Å². The molecule has 1 aliphatic heterocycles. The maximum absolute atomic E-state index is 14.2. The van der Waals surface area contributed by atoms with Crippen LogP contribution in [0.1, 0.15) is 31.9 Å². The highest BCUT2D eigenvalue weighted by molar-refractivity contribution is 7.17. The van der Waals surface area contributed by atoms with Crippen molar-refractivity contribution in [1.29, 1.82) is 0 Å². The van der Waals surface area contributed by atoms with Crippen molar-refractivity contribution in [2.45, 2.75) is 39.3 Å². The van der Waals surface area contributed by atoms with E-state index >= 15 is 0 Å². The van der Waals surface area contributed by atoms with Gasteiger partial charge in [0, 0.05) is 35.7 Å². The van der Waals surface area contributed by atoms with E-state index < -0.39 is 17.5 Å². The van der Waals surface area contributed by atoms with Crippen molar-refractivity contribution in [3.63, 3.8) is 0 Å². The molecule has 10 heteroatoms. The number of nitrogens with one attached hydrogen (secondary N) is 2. The third-order valence-corrected chi connectivity index (χ3v) is 7.27. The lowest BCUT2D eigenvalue weighted by molar-refractivity contribution is 0.0489. The van der Waals surface area contributed by atoms with Crippen LogP contribution in [0.4, 0.5) is 9.18 Å². The molecule has 0 spiro atoms. The van der Waals surface area contributed by atoms with E-state index in [2.05, 4.69) is 45.1 Å². The minimum absolute atomic E-state index is 0.200. The first kappa shape index (κ1) is 27.9. The Bertz CT molecular complexity index is 1500. The first-order valence-electron chi connectivity index (χ1n) is 13.3. The Labute approximate surface area is 236 Å². The molecule has 3 heterocycles. The van der Waals surface area contributed by atoms with Gasteiger partial charge in [-0.05, 0) is 74.5 Å². The Hall–Kier alpha value is -3.60. The topological polar surface area (TPSA) is 94.6 Å². The fourth-order valence-electron chi connectivity index (χ4n) is 4.56. The number of carbonyl (C=O) groups excluding carboxylic acids is 1. The Morgan fingerprint density at radius 3 is 2.75 bits per heavy atom. The average molecular weight is 565 g/mol. The van der Waals surface area contributed by atoms with Crippen molar-refractivity contribution in [2.24, 2.45) is 0 Å². The van der Waals surface area contributed by atoms with Crippen LogP contribution in [0.25, 0.3) is 32.6 Å². The number of fused-ring (bicyclic) bond motifs is 2. The fraction of sp³-hybridized carbons (Fsp3) is 0.367. The zero-order chi connectivity index (χ0) is 28.1. The number of hydrogen-bond acceptors (Lipinski definition) is 8. The van der Waals surface area contributed by atoms with Crippen LogP contribution in [-0.2, 0) is 22.4 Å². The molecule has 0 radical (unpaired) electrons. The first-order valence-corrected chi connectivity index (χ1v) is 14.2. The lowest BCUT2D eigenvalue weighted by atomic mass is 9.96. The molecule has 8 nitrogen and oxygen atoms in total. The third kappa shape index (κ3) is 6.75. The molecule has 40 heavy (non-hydrogen) atoms. The standard InChI is InChI=1S/C30H33FN4O4S/c1-30(2,3)39-29(36)33-11-12-37-13-14-38-25-17-22(31)6-7-23(25)27-28-24(9-15-40-28)26(34-35-27)20-4-5-21-18-32-10-8-19(21)16-20/h4-7,9,15-17,32H,8,10-14,18H2,1-3H3,(H,33,36). The molecule has 0 fully saturated rings. The molecular weight excluding hydrogens is 531 g/mol. The van der Waals surface area contributed by atoms with Gasteiger partial charge in [-0.1, -0.05) is 12.1 Å². The fourth-order valence-corrected chi connectivity index (χ4v) is 5.45. The highest BCUT2D eigenvalue weighted by atomic mass is 32.1. The SMILES string of the molecule is CC(C)(C)OC(=O)NCCOCCOc1cc(F)ccc1-c1nnc(-c2ccc3c(c2)CCNC3)c2ccsc12. The van der Waals surface area contributed by atoms with Gasteiger partial charge in [0.2, 0.25) is 0 Å². The van der Waals surface area contributed by atoms with Crippen LogP contribution in [0.15, 0.2) is 47.8 Å². The lowest BCUT2D eigenvalue weighted by Gasteiger charge is -2.19. The van der Waals surface area contributed by atoms with Gasteiger partial charge < -0.3 is 24.8 Å². The van der Waals surface area contributed by atoms with Crippen molar-refractivity contribution >= 4 is 27.5 Å². The molecule has 0 atom stereocenters. The van der Waals surface area contributed by atoms with E-state index in [1.165, 1.54) is 23.3 Å². The minimum atomic E-state index is -0.556. The van der Waals surface area contributed by atoms with Gasteiger partial charge in [-0.2, -0.15) is 0 Å². The molecule has 1 aliphatic rings. The smallest absolute Gasteiger partial charge is 0.407 e. The molecule has 2 aromatic heterocycles. The molecule has 4 aromatic rings. The van der Waals surface area contributed by atoms with Crippen LogP contribution in [0.5, 0.6) is 5.75 Å². The largest absolute Gasteiger partial charge is 0.490 e. The van der Waals surface area contributed by atoms with Crippen LogP contribution < -0.4 is 15.4 Å². The summed E-state index contributed by atoms with van der Waals surface area (Å²) in [6.07, 6.45) is 0.495. The lowest BCUT2D eigenvalue weighted by Crippen LogP contribution is -2.34. The third-order valence-electron chi connectivity index (χ3n) is 6.35. The number of hydrogen-bond donors (Lipinski definition) is 2. The highest BCUT2D eigenvalue weighted by Crippen LogP contribution is 2.39. The Morgan fingerprint density at radius 1 is 1.05 bits per heavy atom. The maximum Gasteiger partial charge on any atom is 0.407 e. The van der Waals surface area contributed by atoms with Crippen LogP contribution in [-0.4, -0.2) is 54.8 Å². The van der Waals surface area contributed by atoms with E-state index in [0.717, 1.165) is 40.9 Å². The van der Waals surface area contributed by atoms with E-state index in [-0.39, 0.29) is 13.2 Å². The van der Waals surface area contributed by atoms with E-state index in [0.29, 0.717) is 30.2 Å². The van der Waals surface area contributed by atoms with Gasteiger partial charge in [0.25, 0.3) is 0 Å². The molecule has 0 saturated heterocycles. The van der Waals surface area contributed by atoms with Crippen molar-refractivity contribution in [1.82, 2.24) is 20.8 Å². The molecule has 0 unspecified atom stereocenters. The number of thiophene rings is 1. The summed E-state index contributed by atoms with van der Waals surface area (Å²) < 4.78 is 31.8. The number of nitrogens with zero attached hydrogens (tertiary/aromatic N) is 2. The molecule has 2 aromatic carbocycles. The average Bonchev–Trinajstić information content (AvgIpc) is 3.41. The van der Waals surface area contributed by atoms with Crippen LogP contribution in [0.3, 0.4) is 0 Å². The summed E-state index contributed by atoms with van der Waals surface area (Å²) in [5.41, 5.74) is 5.28. The van der Waals surface area contributed by atoms with Crippen LogP contribution >= 0.6 is 11.3 Å². The summed E-state index contributed by atoms with van der Waals surface area (Å²) in [7, 11) is 0. The molecule has 0 bridgehead atoms. The Balaban J connectivity index is 1.27. The van der Waals surface area contributed by atoms with E-state index in [1.807, 2.05) is 5.38 Å². The number of benzene rings is 2. The van der Waals surface area contributed by atoms with Gasteiger partial charge >= 0.3 is 6.09 Å². The number of aromatic nitrogens is 2. The van der Waals surface area contributed by atoms with Gasteiger partial charge in [-0.25, -0.2) is 9.18 Å². The van der Waals surface area contributed by atoms with Crippen molar-refractivity contribution in [3.8, 4) is 28.3 Å². The number of carbonyl (C=O) groups is 1. The second-order valence-electron chi connectivity index (χ2n) is 10.5. The summed E-state index contributed by atoms with van der Waals surface area (Å²) in [6, 6.07) is 12.9. The van der Waals surface area contributed by atoms with Crippen molar-refractivity contribution in [3.05, 3.63) is 64.8 Å². The number of rotatable bonds is 9. The molecule has 0 saturated carbocycles. The molecule has 2 N–H and O–H groups in total. The van der Waals surface area contributed by atoms with Crippen LogP contribution in [0, 0.1) is 5.82 Å². The Kier molecular flexibility index (Phi) is 8.58. The summed E-state index contributed by atoms with van der Waals surface area (Å²) in [4.78, 5) is 11.7. The number of amides is 1. The summed E-state index contributed by atoms with van der Waals surface area (Å²) in [6.45, 7) is 8.32. The van der Waals surface area contributed by atoms with E-state index in [4.69, 9.17) is 14.2 Å². The maximum atomic E-state index is 14.2. The van der Waals surface area contributed by atoms with Gasteiger partial charge in [0.1, 0.15) is 35.2 Å². The molecule has 1 amide bonds. The summed E-state index contributed by atoms with van der Waals surface area (Å²) in [5, 5.41) is 18.3. The summed E-state index contributed by atoms with van der Waals surface area (Å²) >= 11 is 1.57. The molecule has 5 rings (SSSR count). The van der Waals surface area contributed by atoms with Crippen LogP contribution in [0.2, 0.25) is 0 Å². The second-order valence-corrected chi connectivity index (χ2v) is 11.4. The first-order chi connectivity index (χ1) is 19.3. The van der Waals surface area contributed by atoms with Crippen molar-refractivity contribution < 1.29 is 23.4 Å². The number of alkyl carbamates (subject to hydrolysis) is 1. The van der Waals surface area contributed by atoms with Crippen molar-refractivity contribution in [2.75, 3.05) is 32.9 Å². The van der Waals surface area contributed by atoms with Gasteiger partial charge in [0.05, 0.1) is 17.9 Å². The molecule has 210 valence electrons. The zero-order valence-corrected chi connectivity index (χ0v) is 23.7. The minimum Gasteiger partial charge on any atom is -0.490 e.